The van der Waals surface area contributed by atoms with E-state index < -0.39 is 5.60 Å². The summed E-state index contributed by atoms with van der Waals surface area (Å²) in [6.45, 7) is 2.24. The lowest BCUT2D eigenvalue weighted by Crippen LogP contribution is -2.47. The number of nitrogens with two attached hydrogens (primary N) is 1. The number of nitrogens with one attached hydrogen (secondary N) is 1. The first-order valence-corrected chi connectivity index (χ1v) is 7.85. The van der Waals surface area contributed by atoms with Crippen LogP contribution in [-0.4, -0.2) is 47.3 Å². The van der Waals surface area contributed by atoms with Crippen LogP contribution in [0.4, 0.5) is 11.4 Å². The van der Waals surface area contributed by atoms with Crippen LogP contribution in [0.2, 0.25) is 5.15 Å². The van der Waals surface area contributed by atoms with Crippen molar-refractivity contribution in [1.82, 2.24) is 9.88 Å². The van der Waals surface area contributed by atoms with Gasteiger partial charge in [0.2, 0.25) is 0 Å². The molecule has 3 rings (SSSR count). The molecular weight excluding hydrogens is 300 g/mol. The van der Waals surface area contributed by atoms with Gasteiger partial charge in [0.05, 0.1) is 22.5 Å². The number of anilines is 2. The number of pyridine rings is 1. The standard InChI is InChI=1S/C16H21ClN4O/c1-21-8-6-16(22,7-9-21)10-19-14-11-4-2-3-5-12(11)20-15(17)13(14)18/h2-5,22H,6-10,18H2,1H3,(H,19,20). The molecule has 0 amide bonds. The Kier molecular flexibility index (Phi) is 4.12. The maximum atomic E-state index is 10.7. The minimum absolute atomic E-state index is 0.288. The predicted molar refractivity (Wildman–Crippen MR) is 91.3 cm³/mol. The van der Waals surface area contributed by atoms with E-state index in [2.05, 4.69) is 22.2 Å². The number of rotatable bonds is 3. The van der Waals surface area contributed by atoms with Crippen molar-refractivity contribution >= 4 is 33.9 Å². The van der Waals surface area contributed by atoms with Crippen molar-refractivity contribution in [3.05, 3.63) is 29.4 Å². The highest BCUT2D eigenvalue weighted by Gasteiger charge is 2.31. The van der Waals surface area contributed by atoms with Crippen LogP contribution < -0.4 is 11.1 Å². The Labute approximate surface area is 135 Å². The Morgan fingerprint density at radius 2 is 2.05 bits per heavy atom. The zero-order valence-corrected chi connectivity index (χ0v) is 13.4. The zero-order valence-electron chi connectivity index (χ0n) is 12.6. The number of likely N-dealkylation sites (tertiary alicyclic amines) is 1. The Morgan fingerprint density at radius 1 is 1.36 bits per heavy atom. The quantitative estimate of drug-likeness (QED) is 0.757. The van der Waals surface area contributed by atoms with Gasteiger partial charge in [-0.15, -0.1) is 0 Å². The maximum Gasteiger partial charge on any atom is 0.154 e. The number of aliphatic hydroxyl groups is 1. The van der Waals surface area contributed by atoms with Crippen molar-refractivity contribution in [1.29, 1.82) is 0 Å². The Morgan fingerprint density at radius 3 is 2.77 bits per heavy atom. The number of nitrogens with zero attached hydrogens (tertiary/aromatic N) is 2. The summed E-state index contributed by atoms with van der Waals surface area (Å²) in [6, 6.07) is 7.70. The van der Waals surface area contributed by atoms with Crippen LogP contribution in [0.3, 0.4) is 0 Å². The lowest BCUT2D eigenvalue weighted by atomic mass is 9.91. The Bertz CT molecular complexity index is 683. The number of fused-ring (bicyclic) bond motifs is 1. The summed E-state index contributed by atoms with van der Waals surface area (Å²) in [5, 5.41) is 15.2. The number of hydrogen-bond donors (Lipinski definition) is 3. The van der Waals surface area contributed by atoms with Crippen molar-refractivity contribution in [2.45, 2.75) is 18.4 Å². The van der Waals surface area contributed by atoms with E-state index in [1.165, 1.54) is 0 Å². The molecule has 2 heterocycles. The topological polar surface area (TPSA) is 74.4 Å². The lowest BCUT2D eigenvalue weighted by Gasteiger charge is -2.37. The van der Waals surface area contributed by atoms with Crippen LogP contribution in [0.25, 0.3) is 10.9 Å². The number of nitrogen functional groups attached to an aromatic ring is 1. The average Bonchev–Trinajstić information content (AvgIpc) is 2.51. The molecule has 5 nitrogen and oxygen atoms in total. The van der Waals surface area contributed by atoms with E-state index in [-0.39, 0.29) is 5.15 Å². The molecule has 1 aromatic carbocycles. The summed E-state index contributed by atoms with van der Waals surface area (Å²) in [6.07, 6.45) is 1.49. The highest BCUT2D eigenvalue weighted by atomic mass is 35.5. The van der Waals surface area contributed by atoms with Crippen LogP contribution >= 0.6 is 11.6 Å². The summed E-state index contributed by atoms with van der Waals surface area (Å²) < 4.78 is 0. The predicted octanol–water partition coefficient (Wildman–Crippen LogP) is 2.34. The van der Waals surface area contributed by atoms with Gasteiger partial charge in [-0.1, -0.05) is 29.8 Å². The highest BCUT2D eigenvalue weighted by molar-refractivity contribution is 6.33. The molecule has 22 heavy (non-hydrogen) atoms. The molecule has 1 aliphatic rings. The van der Waals surface area contributed by atoms with Gasteiger partial charge in [0, 0.05) is 25.0 Å². The number of piperidine rings is 1. The minimum Gasteiger partial charge on any atom is -0.395 e. The molecule has 0 bridgehead atoms. The molecule has 118 valence electrons. The molecule has 0 aliphatic carbocycles. The van der Waals surface area contributed by atoms with Crippen molar-refractivity contribution in [2.75, 3.05) is 37.7 Å². The van der Waals surface area contributed by atoms with Gasteiger partial charge in [0.1, 0.15) is 0 Å². The van der Waals surface area contributed by atoms with Crippen molar-refractivity contribution in [3.8, 4) is 0 Å². The van der Waals surface area contributed by atoms with Crippen LogP contribution in [-0.2, 0) is 0 Å². The first-order chi connectivity index (χ1) is 10.5. The van der Waals surface area contributed by atoms with Crippen molar-refractivity contribution in [3.63, 3.8) is 0 Å². The summed E-state index contributed by atoms with van der Waals surface area (Å²) >= 11 is 6.12. The van der Waals surface area contributed by atoms with E-state index in [0.29, 0.717) is 12.2 Å². The zero-order chi connectivity index (χ0) is 15.7. The van der Waals surface area contributed by atoms with E-state index in [1.807, 2.05) is 24.3 Å². The third-order valence-electron chi connectivity index (χ3n) is 4.40. The second kappa shape index (κ2) is 5.91. The van der Waals surface area contributed by atoms with Crippen LogP contribution in [0, 0.1) is 0 Å². The first-order valence-electron chi connectivity index (χ1n) is 7.47. The summed E-state index contributed by atoms with van der Waals surface area (Å²) in [5.74, 6) is 0. The van der Waals surface area contributed by atoms with Gasteiger partial charge in [-0.2, -0.15) is 0 Å². The number of halogens is 1. The van der Waals surface area contributed by atoms with Crippen LogP contribution in [0.15, 0.2) is 24.3 Å². The molecule has 1 aromatic heterocycles. The van der Waals surface area contributed by atoms with Crippen molar-refractivity contribution in [2.24, 2.45) is 0 Å². The van der Waals surface area contributed by atoms with Gasteiger partial charge in [-0.3, -0.25) is 0 Å². The third kappa shape index (κ3) is 2.97. The summed E-state index contributed by atoms with van der Waals surface area (Å²) in [5.41, 5.74) is 7.34. The second-order valence-corrected chi connectivity index (χ2v) is 6.45. The van der Waals surface area contributed by atoms with Gasteiger partial charge >= 0.3 is 0 Å². The SMILES string of the molecule is CN1CCC(O)(CNc2c(N)c(Cl)nc3ccccc23)CC1. The van der Waals surface area contributed by atoms with E-state index >= 15 is 0 Å². The molecule has 6 heteroatoms. The largest absolute Gasteiger partial charge is 0.395 e. The summed E-state index contributed by atoms with van der Waals surface area (Å²) in [7, 11) is 2.07. The van der Waals surface area contributed by atoms with Gasteiger partial charge in [-0.05, 0) is 26.0 Å². The van der Waals surface area contributed by atoms with Gasteiger partial charge in [0.25, 0.3) is 0 Å². The number of para-hydroxylation sites is 1. The fourth-order valence-corrected chi connectivity index (χ4v) is 3.04. The minimum atomic E-state index is -0.713. The summed E-state index contributed by atoms with van der Waals surface area (Å²) in [4.78, 5) is 6.51. The first kappa shape index (κ1) is 15.3. The molecule has 0 spiro atoms. The van der Waals surface area contributed by atoms with E-state index in [9.17, 15) is 5.11 Å². The molecular formula is C16H21ClN4O. The van der Waals surface area contributed by atoms with E-state index in [0.717, 1.165) is 42.5 Å². The smallest absolute Gasteiger partial charge is 0.154 e. The molecule has 1 aliphatic heterocycles. The average molecular weight is 321 g/mol. The normalized spacial score (nSPS) is 18.5. The molecule has 0 radical (unpaired) electrons. The third-order valence-corrected chi connectivity index (χ3v) is 4.68. The number of benzene rings is 1. The molecule has 1 saturated heterocycles. The maximum absolute atomic E-state index is 10.7. The van der Waals surface area contributed by atoms with E-state index in [4.69, 9.17) is 17.3 Å². The fraction of sp³-hybridized carbons (Fsp3) is 0.438. The number of hydrogen-bond acceptors (Lipinski definition) is 5. The van der Waals surface area contributed by atoms with Gasteiger partial charge in [0.15, 0.2) is 5.15 Å². The van der Waals surface area contributed by atoms with Crippen LogP contribution in [0.1, 0.15) is 12.8 Å². The lowest BCUT2D eigenvalue weighted by molar-refractivity contribution is -0.00399. The van der Waals surface area contributed by atoms with Gasteiger partial charge in [-0.25, -0.2) is 4.98 Å². The second-order valence-electron chi connectivity index (χ2n) is 6.09. The molecule has 4 N–H and O–H groups in total. The molecule has 0 saturated carbocycles. The molecule has 0 atom stereocenters. The van der Waals surface area contributed by atoms with Crippen molar-refractivity contribution < 1.29 is 5.11 Å². The fourth-order valence-electron chi connectivity index (χ4n) is 2.85. The Balaban J connectivity index is 1.86. The van der Waals surface area contributed by atoms with Crippen LogP contribution in [0.5, 0.6) is 0 Å². The van der Waals surface area contributed by atoms with Gasteiger partial charge < -0.3 is 21.1 Å². The van der Waals surface area contributed by atoms with E-state index in [1.54, 1.807) is 0 Å². The monoisotopic (exact) mass is 320 g/mol. The molecule has 0 unspecified atom stereocenters. The highest BCUT2D eigenvalue weighted by Crippen LogP contribution is 2.34. The molecule has 1 fully saturated rings. The Hall–Kier alpha value is -1.56. The number of aromatic nitrogens is 1. The molecule has 2 aromatic rings.